The standard InChI is InChI=1S/C18H17N7O5S.C16H20O5.C15H17F3O7S.C14H17N3O4.C14H18O5.C11H13N7O4S/c1-8(29-16(27)9-5-3-2-4-6-9)11-7-10(23-24-20)15(30-11)25-13-12(31-18(25)28)14(26)22-17(19)21-13;1-10(18-14(17)11-7-5-4-6-8-11)12-9-13-15(19-12)21-16(2,3)20-13;1-9(23-13(19)10-6-4-3-5-7-10)11-8-12(14(22-2)24-11)25-26(20,21)15(16,17)18;1-9(20-13(18)10-6-4-3-5-7-10)12-8-11(16-17-15)14(19-2)21-12;1-9(12-8-11(15)14(17-2)19-12)18-13(16)10-6-4-3-5-7-10;1-3(19)5-2-4(16-17-13)9(22-5)18-7-6(23-11(18)21)8(20)15-10(12)14-7/h2-6,8,10-11,15H,7H2,1H3,(H3,19,21,22,26);4-8,10,12-13,15H,9H2,1-3H3;3-7,9,11-12,14H,8H2,1-2H3;3-7,9,11-12,14H,8H2,1-2H3;3-7,9,11-12,14-15H,8H2,1-2H3;3-5,9,19H,2H2,1H3,(H3,12,14,15,20)/t8?,10-,11+,15-;10?,12-,13-,15-;9?,11-,12-,14?;9?,11-,12+,14?;9?,11-,12-,14?;3?,4-,5+,9-/m100101/s1. The number of nitrogens with zero attached hydrogens (tertiary/aromatic N) is 13. The number of esters is 5. The van der Waals surface area contributed by atoms with Crippen LogP contribution in [0.25, 0.3) is 52.0 Å². The van der Waals surface area contributed by atoms with Crippen molar-refractivity contribution in [1.29, 1.82) is 0 Å². The smallest absolute Gasteiger partial charge is 0.456 e. The molecule has 0 bridgehead atoms. The number of carbonyl (C=O) groups excluding carboxylic acids is 5. The van der Waals surface area contributed by atoms with Gasteiger partial charge in [0, 0.05) is 55.3 Å². The molecule has 7 fully saturated rings. The van der Waals surface area contributed by atoms with Crippen LogP contribution < -0.4 is 32.3 Å². The lowest BCUT2D eigenvalue weighted by Gasteiger charge is -2.23. The maximum Gasteiger partial charge on any atom is 0.523 e. The van der Waals surface area contributed by atoms with Crippen LogP contribution in [-0.4, -0.2) is 245 Å². The zero-order valence-electron chi connectivity index (χ0n) is 77.2. The van der Waals surface area contributed by atoms with Crippen LogP contribution in [0.1, 0.15) is 158 Å². The molecule has 47 nitrogen and oxygen atoms in total. The van der Waals surface area contributed by atoms with Gasteiger partial charge in [-0.2, -0.15) is 31.6 Å². The number of hydrogen-bond donors (Lipinski definition) is 6. The van der Waals surface area contributed by atoms with E-state index in [0.717, 1.165) is 16.2 Å². The van der Waals surface area contributed by atoms with Crippen LogP contribution in [0.15, 0.2) is 186 Å². The summed E-state index contributed by atoms with van der Waals surface area (Å²) in [6, 6.07) is 41.1. The van der Waals surface area contributed by atoms with E-state index in [1.165, 1.54) is 40.2 Å². The zero-order valence-corrected chi connectivity index (χ0v) is 79.6. The van der Waals surface area contributed by atoms with E-state index in [0.29, 0.717) is 64.2 Å². The fraction of sp³-hybridized carbons (Fsp3) is 0.489. The lowest BCUT2D eigenvalue weighted by atomic mass is 10.1. The van der Waals surface area contributed by atoms with Gasteiger partial charge in [0.2, 0.25) is 11.9 Å². The number of aromatic nitrogens is 6. The summed E-state index contributed by atoms with van der Waals surface area (Å²) >= 11 is 1.38. The topological polar surface area (TPSA) is 651 Å². The Morgan fingerprint density at radius 3 is 1.15 bits per heavy atom. The SMILES string of the molecule is CC(O)[C@@H]1C[C@@H](N=[N+]=[N-])[C@H](n2c(=O)sc3c(=O)[nH]c(N)nc32)O1.CC(OC(=O)c1ccccc1)[C@@H]1C[C@@H](N=[N+]=[N-])[C@H](n2c(=O)sc3c(=O)[nH]c(N)nc32)O1.CC(OC(=O)c1ccccc1)[C@@H]1C[C@@H]2OC(C)(C)O[C@@H]2O1.COC1O[C@H](C(C)OC(=O)c2ccccc2)C[C@@H]1O.COC1O[C@H](C(C)OC(=O)c2ccccc2)C[C@@H]1OS(=O)(=O)C(F)(F)F.COC1O[C@H](C(C)OC(=O)c2ccccc2)C[C@H]1N=[N+]=[N-]. The molecule has 11 heterocycles. The van der Waals surface area contributed by atoms with Crippen molar-refractivity contribution in [3.05, 3.63) is 251 Å². The van der Waals surface area contributed by atoms with Gasteiger partial charge in [-0.15, -0.1) is 0 Å². The fourth-order valence-corrected chi connectivity index (χ4v) is 17.7. The second-order valence-corrected chi connectivity index (χ2v) is 36.3. The molecule has 0 spiro atoms. The number of carbonyl (C=O) groups is 5. The molecule has 0 saturated carbocycles. The Morgan fingerprint density at radius 1 is 0.482 bits per heavy atom. The molecule has 0 aliphatic carbocycles. The molecule has 4 aromatic heterocycles. The fourth-order valence-electron chi connectivity index (χ4n) is 15.4. The van der Waals surface area contributed by atoms with Crippen LogP contribution >= 0.6 is 22.7 Å². The molecular formula is C88H102F3N17O30S3. The van der Waals surface area contributed by atoms with Gasteiger partial charge in [0.25, 0.3) is 11.1 Å². The molecule has 0 radical (unpaired) electrons. The van der Waals surface area contributed by atoms with Gasteiger partial charge in [-0.05, 0) is 152 Å². The van der Waals surface area contributed by atoms with E-state index in [2.05, 4.69) is 54.2 Å². The molecule has 9 unspecified atom stereocenters. The minimum atomic E-state index is -5.81. The number of ether oxygens (including phenoxy) is 16. The molecule has 16 rings (SSSR count). The average molecular weight is 2030 g/mol. The van der Waals surface area contributed by atoms with E-state index in [-0.39, 0.29) is 100 Å². The largest absolute Gasteiger partial charge is 0.523 e. The van der Waals surface area contributed by atoms with E-state index in [4.69, 9.17) is 104 Å². The minimum Gasteiger partial charge on any atom is -0.456 e. The van der Waals surface area contributed by atoms with Gasteiger partial charge >= 0.3 is 55.2 Å². The number of methoxy groups -OCH3 is 3. The number of nitrogens with two attached hydrogens (primary N) is 2. The van der Waals surface area contributed by atoms with Crippen LogP contribution in [-0.2, 0) is 90.1 Å². The average Bonchev–Trinajstić information content (AvgIpc) is 1.62. The number of nitrogen functional groups attached to an aromatic ring is 2. The highest BCUT2D eigenvalue weighted by molar-refractivity contribution is 7.87. The maximum atomic E-state index is 12.6. The summed E-state index contributed by atoms with van der Waals surface area (Å²) in [4.78, 5) is 129. The summed E-state index contributed by atoms with van der Waals surface area (Å²) in [6.07, 6.45) is -12.3. The lowest BCUT2D eigenvalue weighted by molar-refractivity contribution is -0.213. The van der Waals surface area contributed by atoms with Crippen LogP contribution in [0, 0.1) is 0 Å². The number of halogens is 3. The molecule has 758 valence electrons. The predicted molar refractivity (Wildman–Crippen MR) is 492 cm³/mol. The molecule has 53 heteroatoms. The Kier molecular flexibility index (Phi) is 37.9. The molecule has 7 aliphatic heterocycles. The maximum absolute atomic E-state index is 12.6. The third kappa shape index (κ3) is 28.2. The Balaban J connectivity index is 0.000000163. The lowest BCUT2D eigenvalue weighted by Crippen LogP contribution is -2.34. The van der Waals surface area contributed by atoms with E-state index < -0.39 is 177 Å². The Hall–Kier alpha value is -12.7. The molecular weight excluding hydrogens is 1930 g/mol. The Morgan fingerprint density at radius 2 is 0.801 bits per heavy atom. The number of azide groups is 3. The third-order valence-electron chi connectivity index (χ3n) is 22.4. The molecule has 8 N–H and O–H groups in total. The number of aliphatic hydroxyl groups is 2. The van der Waals surface area contributed by atoms with Crippen molar-refractivity contribution < 1.29 is 136 Å². The van der Waals surface area contributed by atoms with Crippen LogP contribution in [0.4, 0.5) is 25.1 Å². The van der Waals surface area contributed by atoms with E-state index >= 15 is 0 Å². The highest BCUT2D eigenvalue weighted by Gasteiger charge is 2.54. The second kappa shape index (κ2) is 49.1. The summed E-state index contributed by atoms with van der Waals surface area (Å²) in [5.41, 5.74) is 33.0. The summed E-state index contributed by atoms with van der Waals surface area (Å²) in [7, 11) is -1.73. The Labute approximate surface area is 807 Å². The Bertz CT molecular complexity index is 6290. The predicted octanol–water partition coefficient (Wildman–Crippen LogP) is 10.8. The van der Waals surface area contributed by atoms with Gasteiger partial charge in [-0.25, -0.2) is 24.0 Å². The number of aromatic amines is 2. The van der Waals surface area contributed by atoms with E-state index in [1.807, 2.05) is 51.1 Å². The number of benzene rings is 5. The molecule has 24 atom stereocenters. The zero-order chi connectivity index (χ0) is 102. The van der Waals surface area contributed by atoms with Crippen LogP contribution in [0.5, 0.6) is 0 Å². The number of anilines is 2. The van der Waals surface area contributed by atoms with E-state index in [9.17, 15) is 75.0 Å². The highest BCUT2D eigenvalue weighted by atomic mass is 32.2. The second-order valence-electron chi connectivity index (χ2n) is 32.8. The molecule has 141 heavy (non-hydrogen) atoms. The first-order valence-corrected chi connectivity index (χ1v) is 46.6. The van der Waals surface area contributed by atoms with Gasteiger partial charge in [-0.1, -0.05) is 129 Å². The highest BCUT2D eigenvalue weighted by Crippen LogP contribution is 2.41. The first-order chi connectivity index (χ1) is 67.1. The van der Waals surface area contributed by atoms with Gasteiger partial charge in [0.15, 0.2) is 42.2 Å². The van der Waals surface area contributed by atoms with Gasteiger partial charge in [-0.3, -0.25) is 42.5 Å². The number of hydrogen-bond acceptors (Lipinski definition) is 39. The normalized spacial score (nSPS) is 25.8. The molecule has 0 amide bonds. The number of thiazole rings is 2. The number of alkyl halides is 3. The quantitative estimate of drug-likeness (QED) is 0.00558. The van der Waals surface area contributed by atoms with Crippen molar-refractivity contribution in [1.82, 2.24) is 29.1 Å². The van der Waals surface area contributed by atoms with Gasteiger partial charge in [0.1, 0.15) is 89.0 Å². The van der Waals surface area contributed by atoms with Crippen molar-refractivity contribution in [3.63, 3.8) is 0 Å². The monoisotopic (exact) mass is 2030 g/mol. The number of nitrogens with one attached hydrogen (secondary N) is 2. The van der Waals surface area contributed by atoms with Crippen molar-refractivity contribution >= 4 is 95.2 Å². The van der Waals surface area contributed by atoms with Crippen molar-refractivity contribution in [2.24, 2.45) is 15.3 Å². The van der Waals surface area contributed by atoms with Gasteiger partial charge < -0.3 is 97.5 Å². The van der Waals surface area contributed by atoms with Crippen molar-refractivity contribution in [3.8, 4) is 0 Å². The molecule has 7 aliphatic rings. The summed E-state index contributed by atoms with van der Waals surface area (Å²) in [5.74, 6) is -3.23. The van der Waals surface area contributed by atoms with Crippen LogP contribution in [0.3, 0.4) is 0 Å². The number of aliphatic hydroxyl groups excluding tert-OH is 2. The van der Waals surface area contributed by atoms with Gasteiger partial charge in [0.05, 0.1) is 70.4 Å². The molecule has 5 aromatic carbocycles. The molecule has 7 saturated heterocycles. The number of H-pyrrole nitrogens is 2. The number of rotatable bonds is 26. The minimum absolute atomic E-state index is 0.0361. The number of fused-ring (bicyclic) bond motifs is 3. The first-order valence-electron chi connectivity index (χ1n) is 43.5. The van der Waals surface area contributed by atoms with Crippen molar-refractivity contribution in [2.45, 2.75) is 253 Å². The summed E-state index contributed by atoms with van der Waals surface area (Å²) in [6.45, 7) is 13.7. The summed E-state index contributed by atoms with van der Waals surface area (Å²) in [5, 5.41) is 30.4. The van der Waals surface area contributed by atoms with E-state index in [1.54, 1.807) is 130 Å². The summed E-state index contributed by atoms with van der Waals surface area (Å²) < 4.78 is 153. The molecule has 9 aromatic rings. The third-order valence-corrected chi connectivity index (χ3v) is 25.4. The van der Waals surface area contributed by atoms with Crippen molar-refractivity contribution in [2.75, 3.05) is 32.8 Å². The first kappa shape index (κ1) is 109. The van der Waals surface area contributed by atoms with Crippen LogP contribution in [0.2, 0.25) is 0 Å².